The maximum atomic E-state index is 12.1. The quantitative estimate of drug-likeness (QED) is 0.873. The molecule has 2 rings (SSSR count). The fourth-order valence-electron chi connectivity index (χ4n) is 1.38. The van der Waals surface area contributed by atoms with E-state index >= 15 is 0 Å². The normalized spacial score (nSPS) is 10.8. The topological polar surface area (TPSA) is 79.2 Å². The molecule has 0 unspecified atom stereocenters. The third-order valence-corrected chi connectivity index (χ3v) is 5.72. The monoisotopic (exact) mass is 372 g/mol. The van der Waals surface area contributed by atoms with Crippen molar-refractivity contribution in [1.82, 2.24) is 0 Å². The van der Waals surface area contributed by atoms with Crippen LogP contribution in [-0.4, -0.2) is 15.0 Å². The molecule has 0 aliphatic carbocycles. The third-order valence-electron chi connectivity index (χ3n) is 2.22. The molecule has 0 aliphatic rings. The SMILES string of the molecule is N#CCOc1ccc(NS(=O)(=O)c2ccc(Br)s2)cc1. The molecule has 0 atom stereocenters. The summed E-state index contributed by atoms with van der Waals surface area (Å²) < 4.78 is 32.7. The van der Waals surface area contributed by atoms with Gasteiger partial charge in [0, 0.05) is 5.69 Å². The highest BCUT2D eigenvalue weighted by Gasteiger charge is 2.16. The molecule has 0 fully saturated rings. The molecule has 0 amide bonds. The van der Waals surface area contributed by atoms with Gasteiger partial charge in [-0.05, 0) is 52.3 Å². The molecule has 1 heterocycles. The Bertz CT molecular complexity index is 733. The molecular formula is C12H9BrN2O3S2. The molecule has 0 saturated heterocycles. The van der Waals surface area contributed by atoms with Gasteiger partial charge in [0.15, 0.2) is 6.61 Å². The molecule has 5 nitrogen and oxygen atoms in total. The number of rotatable bonds is 5. The molecular weight excluding hydrogens is 364 g/mol. The first-order valence-corrected chi connectivity index (χ1v) is 8.48. The molecule has 20 heavy (non-hydrogen) atoms. The van der Waals surface area contributed by atoms with Crippen LogP contribution in [0.5, 0.6) is 5.75 Å². The number of nitrogens with zero attached hydrogens (tertiary/aromatic N) is 1. The van der Waals surface area contributed by atoms with Crippen LogP contribution in [0.25, 0.3) is 0 Å². The van der Waals surface area contributed by atoms with Crippen molar-refractivity contribution < 1.29 is 13.2 Å². The molecule has 0 aliphatic heterocycles. The van der Waals surface area contributed by atoms with E-state index < -0.39 is 10.0 Å². The van der Waals surface area contributed by atoms with E-state index in [-0.39, 0.29) is 10.8 Å². The van der Waals surface area contributed by atoms with E-state index in [1.54, 1.807) is 30.3 Å². The van der Waals surface area contributed by atoms with Gasteiger partial charge >= 0.3 is 0 Å². The van der Waals surface area contributed by atoms with Crippen molar-refractivity contribution in [2.75, 3.05) is 11.3 Å². The molecule has 8 heteroatoms. The van der Waals surface area contributed by atoms with Gasteiger partial charge in [-0.2, -0.15) is 5.26 Å². The molecule has 1 aromatic heterocycles. The highest BCUT2D eigenvalue weighted by atomic mass is 79.9. The van der Waals surface area contributed by atoms with Gasteiger partial charge in [0.1, 0.15) is 16.0 Å². The van der Waals surface area contributed by atoms with Crippen LogP contribution in [0.4, 0.5) is 5.69 Å². The van der Waals surface area contributed by atoms with Gasteiger partial charge in [-0.15, -0.1) is 11.3 Å². The molecule has 0 radical (unpaired) electrons. The van der Waals surface area contributed by atoms with Gasteiger partial charge in [-0.3, -0.25) is 4.72 Å². The van der Waals surface area contributed by atoms with Gasteiger partial charge in [0.05, 0.1) is 3.79 Å². The maximum absolute atomic E-state index is 12.1. The highest BCUT2D eigenvalue weighted by molar-refractivity contribution is 9.11. The zero-order chi connectivity index (χ0) is 14.6. The van der Waals surface area contributed by atoms with Crippen molar-refractivity contribution in [2.24, 2.45) is 0 Å². The number of hydrogen-bond donors (Lipinski definition) is 1. The fraction of sp³-hybridized carbons (Fsp3) is 0.0833. The Balaban J connectivity index is 2.12. The van der Waals surface area contributed by atoms with Gasteiger partial charge in [0.2, 0.25) is 0 Å². The van der Waals surface area contributed by atoms with Gasteiger partial charge in [-0.1, -0.05) is 0 Å². The van der Waals surface area contributed by atoms with Crippen LogP contribution in [-0.2, 0) is 10.0 Å². The van der Waals surface area contributed by atoms with Crippen LogP contribution in [0.1, 0.15) is 0 Å². The summed E-state index contributed by atoms with van der Waals surface area (Å²) in [6, 6.07) is 11.4. The number of anilines is 1. The van der Waals surface area contributed by atoms with Crippen molar-refractivity contribution >= 4 is 43.0 Å². The van der Waals surface area contributed by atoms with E-state index in [1.807, 2.05) is 6.07 Å². The molecule has 0 spiro atoms. The predicted molar refractivity (Wildman–Crippen MR) is 80.4 cm³/mol. The van der Waals surface area contributed by atoms with Crippen LogP contribution in [0.2, 0.25) is 0 Å². The van der Waals surface area contributed by atoms with Gasteiger partial charge in [-0.25, -0.2) is 8.42 Å². The number of ether oxygens (including phenoxy) is 1. The summed E-state index contributed by atoms with van der Waals surface area (Å²) >= 11 is 4.36. The Morgan fingerprint density at radius 2 is 1.95 bits per heavy atom. The second kappa shape index (κ2) is 6.26. The van der Waals surface area contributed by atoms with Crippen LogP contribution in [0.3, 0.4) is 0 Å². The summed E-state index contributed by atoms with van der Waals surface area (Å²) in [6.07, 6.45) is 0. The predicted octanol–water partition coefficient (Wildman–Crippen LogP) is 3.21. The first kappa shape index (κ1) is 14.8. The summed E-state index contributed by atoms with van der Waals surface area (Å²) in [5.74, 6) is 0.508. The van der Waals surface area contributed by atoms with Gasteiger partial charge < -0.3 is 4.74 Å². The average Bonchev–Trinajstić information content (AvgIpc) is 2.85. The van der Waals surface area contributed by atoms with E-state index in [2.05, 4.69) is 20.7 Å². The van der Waals surface area contributed by atoms with Crippen molar-refractivity contribution in [1.29, 1.82) is 5.26 Å². The summed E-state index contributed by atoms with van der Waals surface area (Å²) in [5.41, 5.74) is 0.429. The van der Waals surface area contributed by atoms with E-state index in [9.17, 15) is 8.42 Å². The van der Waals surface area contributed by atoms with Crippen molar-refractivity contribution in [3.05, 3.63) is 40.2 Å². The van der Waals surface area contributed by atoms with Crippen molar-refractivity contribution in [2.45, 2.75) is 4.21 Å². The molecule has 0 saturated carbocycles. The molecule has 1 aromatic carbocycles. The minimum Gasteiger partial charge on any atom is -0.479 e. The van der Waals surface area contributed by atoms with E-state index in [4.69, 9.17) is 10.00 Å². The molecule has 1 N–H and O–H groups in total. The maximum Gasteiger partial charge on any atom is 0.271 e. The zero-order valence-electron chi connectivity index (χ0n) is 10.0. The van der Waals surface area contributed by atoms with E-state index in [0.29, 0.717) is 11.4 Å². The van der Waals surface area contributed by atoms with E-state index in [1.165, 1.54) is 6.07 Å². The van der Waals surface area contributed by atoms with E-state index in [0.717, 1.165) is 15.1 Å². The number of thiophene rings is 1. The Morgan fingerprint density at radius 3 is 2.50 bits per heavy atom. The number of nitriles is 1. The first-order valence-electron chi connectivity index (χ1n) is 5.39. The summed E-state index contributed by atoms with van der Waals surface area (Å²) in [7, 11) is -3.58. The average molecular weight is 373 g/mol. The number of sulfonamides is 1. The standard InChI is InChI=1S/C12H9BrN2O3S2/c13-11-5-6-12(19-11)20(16,17)15-9-1-3-10(4-2-9)18-8-7-14/h1-6,15H,8H2. The fourth-order valence-corrected chi connectivity index (χ4v) is 4.45. The largest absolute Gasteiger partial charge is 0.479 e. The lowest BCUT2D eigenvalue weighted by atomic mass is 10.3. The Morgan fingerprint density at radius 1 is 1.25 bits per heavy atom. The smallest absolute Gasteiger partial charge is 0.271 e. The molecule has 2 aromatic rings. The Labute approximate surface area is 129 Å². The van der Waals surface area contributed by atoms with Crippen LogP contribution < -0.4 is 9.46 Å². The summed E-state index contributed by atoms with van der Waals surface area (Å²) in [6.45, 7) is -0.0473. The first-order chi connectivity index (χ1) is 9.51. The lowest BCUT2D eigenvalue weighted by Gasteiger charge is -2.07. The van der Waals surface area contributed by atoms with Crippen LogP contribution >= 0.6 is 27.3 Å². The molecule has 0 bridgehead atoms. The number of hydrogen-bond acceptors (Lipinski definition) is 5. The summed E-state index contributed by atoms with van der Waals surface area (Å²) in [5, 5.41) is 8.39. The highest BCUT2D eigenvalue weighted by Crippen LogP contribution is 2.28. The summed E-state index contributed by atoms with van der Waals surface area (Å²) in [4.78, 5) is 0. The minimum atomic E-state index is -3.58. The Hall–Kier alpha value is -1.56. The number of benzene rings is 1. The second-order valence-electron chi connectivity index (χ2n) is 3.64. The van der Waals surface area contributed by atoms with Crippen molar-refractivity contribution in [3.63, 3.8) is 0 Å². The van der Waals surface area contributed by atoms with Crippen LogP contribution in [0.15, 0.2) is 44.4 Å². The zero-order valence-corrected chi connectivity index (χ0v) is 13.3. The Kier molecular flexibility index (Phi) is 4.65. The minimum absolute atomic E-state index is 0.0473. The number of halogens is 1. The lowest BCUT2D eigenvalue weighted by molar-refractivity contribution is 0.368. The van der Waals surface area contributed by atoms with Crippen LogP contribution in [0, 0.1) is 11.3 Å². The number of nitrogens with one attached hydrogen (secondary N) is 1. The second-order valence-corrected chi connectivity index (χ2v) is 8.01. The van der Waals surface area contributed by atoms with Crippen molar-refractivity contribution in [3.8, 4) is 11.8 Å². The molecule has 104 valence electrons. The third kappa shape index (κ3) is 3.72. The van der Waals surface area contributed by atoms with Gasteiger partial charge in [0.25, 0.3) is 10.0 Å². The lowest BCUT2D eigenvalue weighted by Crippen LogP contribution is -2.11.